The van der Waals surface area contributed by atoms with Gasteiger partial charge in [0.2, 0.25) is 0 Å². The fraction of sp³-hybridized carbons (Fsp3) is 0.571. The molecule has 1 fully saturated rings. The minimum Gasteiger partial charge on any atom is -0.356 e. The van der Waals surface area contributed by atoms with Crippen molar-refractivity contribution in [2.75, 3.05) is 33.2 Å². The highest BCUT2D eigenvalue weighted by Gasteiger charge is 2.20. The van der Waals surface area contributed by atoms with E-state index in [-0.39, 0.29) is 24.0 Å². The Morgan fingerprint density at radius 2 is 2.00 bits per heavy atom. The molecule has 1 saturated heterocycles. The first-order chi connectivity index (χ1) is 14.2. The van der Waals surface area contributed by atoms with Crippen molar-refractivity contribution in [3.63, 3.8) is 0 Å². The molecule has 0 amide bonds. The molecule has 2 N–H and O–H groups in total. The van der Waals surface area contributed by atoms with Crippen LogP contribution in [-0.4, -0.2) is 58.9 Å². The molecule has 0 atom stereocenters. The smallest absolute Gasteiger partial charge is 0.191 e. The molecule has 0 aliphatic carbocycles. The van der Waals surface area contributed by atoms with Gasteiger partial charge in [0.1, 0.15) is 12.2 Å². The normalized spacial score (nSPS) is 15.6. The molecule has 166 valence electrons. The molecule has 0 spiro atoms. The zero-order valence-electron chi connectivity index (χ0n) is 17.9. The van der Waals surface area contributed by atoms with Crippen LogP contribution in [0.4, 0.5) is 0 Å². The highest BCUT2D eigenvalue weighted by molar-refractivity contribution is 14.0. The fourth-order valence-electron chi connectivity index (χ4n) is 3.71. The Hall–Kier alpha value is -1.39. The number of benzene rings is 1. The minimum absolute atomic E-state index is 0. The van der Waals surface area contributed by atoms with Gasteiger partial charge in [-0.25, -0.2) is 0 Å². The standard InChI is InChI=1S/C21H32ClN7.HI/c1-3-20-27-26-16-29(20)13-10-24-21(23-2)25-14-17-8-11-28(12-9-17)15-18-6-4-5-7-19(18)22;/h4-7,16-17H,3,8-15H2,1-2H3,(H2,23,24,25);1H. The second-order valence-electron chi connectivity index (χ2n) is 7.48. The van der Waals surface area contributed by atoms with E-state index in [9.17, 15) is 0 Å². The maximum absolute atomic E-state index is 6.30. The van der Waals surface area contributed by atoms with Gasteiger partial charge in [0.05, 0.1) is 0 Å². The molecule has 1 aliphatic heterocycles. The second-order valence-corrected chi connectivity index (χ2v) is 7.89. The van der Waals surface area contributed by atoms with Crippen LogP contribution in [0.15, 0.2) is 35.6 Å². The molecule has 0 bridgehead atoms. The molecule has 9 heteroatoms. The number of aryl methyl sites for hydroxylation is 1. The van der Waals surface area contributed by atoms with Gasteiger partial charge in [0.25, 0.3) is 0 Å². The average Bonchev–Trinajstić information content (AvgIpc) is 3.21. The Kier molecular flexibility index (Phi) is 10.9. The minimum atomic E-state index is 0. The largest absolute Gasteiger partial charge is 0.356 e. The van der Waals surface area contributed by atoms with Crippen molar-refractivity contribution in [3.8, 4) is 0 Å². The van der Waals surface area contributed by atoms with E-state index in [0.717, 1.165) is 62.5 Å². The summed E-state index contributed by atoms with van der Waals surface area (Å²) in [5.41, 5.74) is 1.22. The number of aliphatic imine (C=N–C) groups is 1. The lowest BCUT2D eigenvalue weighted by Crippen LogP contribution is -2.43. The number of hydrogen-bond donors (Lipinski definition) is 2. The number of hydrogen-bond acceptors (Lipinski definition) is 4. The van der Waals surface area contributed by atoms with Gasteiger partial charge >= 0.3 is 0 Å². The van der Waals surface area contributed by atoms with Crippen LogP contribution >= 0.6 is 35.6 Å². The quantitative estimate of drug-likeness (QED) is 0.303. The number of piperidine rings is 1. The summed E-state index contributed by atoms with van der Waals surface area (Å²) in [4.78, 5) is 6.84. The van der Waals surface area contributed by atoms with Crippen molar-refractivity contribution >= 4 is 41.5 Å². The molecule has 1 aromatic heterocycles. The lowest BCUT2D eigenvalue weighted by atomic mass is 9.96. The van der Waals surface area contributed by atoms with Crippen molar-refractivity contribution in [1.29, 1.82) is 0 Å². The predicted octanol–water partition coefficient (Wildman–Crippen LogP) is 3.19. The van der Waals surface area contributed by atoms with Gasteiger partial charge in [-0.3, -0.25) is 9.89 Å². The molecule has 0 radical (unpaired) electrons. The Balaban J connectivity index is 0.00000320. The molecule has 30 heavy (non-hydrogen) atoms. The number of nitrogens with zero attached hydrogens (tertiary/aromatic N) is 5. The van der Waals surface area contributed by atoms with E-state index in [1.807, 2.05) is 19.2 Å². The lowest BCUT2D eigenvalue weighted by molar-refractivity contribution is 0.178. The first-order valence-corrected chi connectivity index (χ1v) is 10.8. The summed E-state index contributed by atoms with van der Waals surface area (Å²) in [5.74, 6) is 2.54. The van der Waals surface area contributed by atoms with E-state index in [2.05, 4.69) is 54.3 Å². The van der Waals surface area contributed by atoms with Crippen LogP contribution in [0.3, 0.4) is 0 Å². The number of likely N-dealkylation sites (tertiary alicyclic amines) is 1. The summed E-state index contributed by atoms with van der Waals surface area (Å²) >= 11 is 6.30. The molecule has 2 heterocycles. The lowest BCUT2D eigenvalue weighted by Gasteiger charge is -2.32. The van der Waals surface area contributed by atoms with Crippen LogP contribution in [0, 0.1) is 5.92 Å². The van der Waals surface area contributed by atoms with E-state index < -0.39 is 0 Å². The Morgan fingerprint density at radius 3 is 2.70 bits per heavy atom. The average molecular weight is 546 g/mol. The van der Waals surface area contributed by atoms with Gasteiger partial charge in [0.15, 0.2) is 5.96 Å². The van der Waals surface area contributed by atoms with Crippen LogP contribution < -0.4 is 10.6 Å². The first-order valence-electron chi connectivity index (χ1n) is 10.5. The van der Waals surface area contributed by atoms with Gasteiger partial charge in [-0.15, -0.1) is 34.2 Å². The van der Waals surface area contributed by atoms with Crippen molar-refractivity contribution < 1.29 is 0 Å². The van der Waals surface area contributed by atoms with Crippen molar-refractivity contribution in [1.82, 2.24) is 30.3 Å². The molecule has 0 saturated carbocycles. The highest BCUT2D eigenvalue weighted by Crippen LogP contribution is 2.21. The van der Waals surface area contributed by atoms with Crippen molar-refractivity contribution in [3.05, 3.63) is 47.0 Å². The van der Waals surface area contributed by atoms with E-state index in [4.69, 9.17) is 11.6 Å². The SMILES string of the molecule is CCc1nncn1CCNC(=NC)NCC1CCN(Cc2ccccc2Cl)CC1.I. The van der Waals surface area contributed by atoms with Crippen LogP contribution in [-0.2, 0) is 19.5 Å². The number of rotatable bonds is 8. The Bertz CT molecular complexity index is 787. The van der Waals surface area contributed by atoms with E-state index in [1.54, 1.807) is 6.33 Å². The zero-order chi connectivity index (χ0) is 20.5. The van der Waals surface area contributed by atoms with Crippen LogP contribution in [0.2, 0.25) is 5.02 Å². The highest BCUT2D eigenvalue weighted by atomic mass is 127. The van der Waals surface area contributed by atoms with Crippen molar-refractivity contribution in [2.45, 2.75) is 39.3 Å². The van der Waals surface area contributed by atoms with E-state index >= 15 is 0 Å². The number of aromatic nitrogens is 3. The number of nitrogens with one attached hydrogen (secondary N) is 2. The summed E-state index contributed by atoms with van der Waals surface area (Å²) in [5, 5.41) is 15.8. The van der Waals surface area contributed by atoms with E-state index in [1.165, 1.54) is 18.4 Å². The van der Waals surface area contributed by atoms with Gasteiger partial charge in [0, 0.05) is 44.7 Å². The maximum atomic E-state index is 6.30. The van der Waals surface area contributed by atoms with Crippen molar-refractivity contribution in [2.24, 2.45) is 10.9 Å². The monoisotopic (exact) mass is 545 g/mol. The number of guanidine groups is 1. The van der Waals surface area contributed by atoms with Gasteiger partial charge < -0.3 is 15.2 Å². The van der Waals surface area contributed by atoms with Gasteiger partial charge in [-0.1, -0.05) is 36.7 Å². The molecule has 7 nitrogen and oxygen atoms in total. The van der Waals surface area contributed by atoms with Crippen LogP contribution in [0.5, 0.6) is 0 Å². The molecule has 0 unspecified atom stereocenters. The number of halogens is 2. The third-order valence-electron chi connectivity index (χ3n) is 5.50. The molecule has 1 aliphatic rings. The zero-order valence-corrected chi connectivity index (χ0v) is 20.9. The van der Waals surface area contributed by atoms with Crippen LogP contribution in [0.25, 0.3) is 0 Å². The van der Waals surface area contributed by atoms with E-state index in [0.29, 0.717) is 5.92 Å². The summed E-state index contributed by atoms with van der Waals surface area (Å²) in [6.07, 6.45) is 5.05. The Labute approximate surface area is 201 Å². The molecular formula is C21H33ClIN7. The maximum Gasteiger partial charge on any atom is 0.191 e. The first kappa shape index (κ1) is 24.9. The summed E-state index contributed by atoms with van der Waals surface area (Å²) in [6.45, 7) is 7.82. The molecule has 1 aromatic carbocycles. The predicted molar refractivity (Wildman–Crippen MR) is 134 cm³/mol. The summed E-state index contributed by atoms with van der Waals surface area (Å²) in [6, 6.07) is 8.13. The second kappa shape index (κ2) is 13.1. The third-order valence-corrected chi connectivity index (χ3v) is 5.87. The summed E-state index contributed by atoms with van der Waals surface area (Å²) < 4.78 is 2.08. The van der Waals surface area contributed by atoms with Gasteiger partial charge in [-0.05, 0) is 43.5 Å². The molecule has 2 aromatic rings. The van der Waals surface area contributed by atoms with Gasteiger partial charge in [-0.2, -0.15) is 0 Å². The topological polar surface area (TPSA) is 70.4 Å². The fourth-order valence-corrected chi connectivity index (χ4v) is 3.91. The summed E-state index contributed by atoms with van der Waals surface area (Å²) in [7, 11) is 1.82. The third kappa shape index (κ3) is 7.39. The molecule has 3 rings (SSSR count). The molecular weight excluding hydrogens is 513 g/mol. The Morgan fingerprint density at radius 1 is 1.23 bits per heavy atom. The van der Waals surface area contributed by atoms with Crippen LogP contribution in [0.1, 0.15) is 31.2 Å².